The van der Waals surface area contributed by atoms with Crippen LogP contribution >= 0.6 is 8.58 Å². The Labute approximate surface area is 185 Å². The van der Waals surface area contributed by atoms with E-state index in [-0.39, 0.29) is 30.4 Å². The first-order valence-corrected chi connectivity index (χ1v) is 12.2. The van der Waals surface area contributed by atoms with E-state index in [4.69, 9.17) is 0 Å². The van der Waals surface area contributed by atoms with E-state index in [0.29, 0.717) is 5.75 Å². The maximum Gasteiger partial charge on any atom is 0.130 e. The number of hydrogen-bond donors (Lipinski definition) is 1. The van der Waals surface area contributed by atoms with E-state index < -0.39 is 0 Å². The van der Waals surface area contributed by atoms with E-state index >= 15 is 0 Å². The molecule has 2 unspecified atom stereocenters. The Kier molecular flexibility index (Phi) is 7.45. The number of benzene rings is 2. The van der Waals surface area contributed by atoms with Gasteiger partial charge in [-0.3, -0.25) is 0 Å². The number of phenolic OH excluding ortho intramolecular Hbond substituents is 1. The first kappa shape index (κ1) is 24.9. The van der Waals surface area contributed by atoms with Crippen molar-refractivity contribution in [1.82, 2.24) is 0 Å². The van der Waals surface area contributed by atoms with Crippen LogP contribution in [-0.4, -0.2) is 5.11 Å². The Morgan fingerprint density at radius 1 is 0.933 bits per heavy atom. The fourth-order valence-electron chi connectivity index (χ4n) is 4.18. The van der Waals surface area contributed by atoms with E-state index in [1.54, 1.807) is 12.1 Å². The minimum absolute atomic E-state index is 0.0365. The summed E-state index contributed by atoms with van der Waals surface area (Å²) in [5.41, 5.74) is 3.97. The minimum atomic E-state index is -0.285. The van der Waals surface area contributed by atoms with Crippen molar-refractivity contribution >= 4 is 13.9 Å². The molecule has 0 saturated heterocycles. The van der Waals surface area contributed by atoms with Gasteiger partial charge in [-0.1, -0.05) is 94.7 Å². The molecule has 0 aliphatic heterocycles. The van der Waals surface area contributed by atoms with Crippen LogP contribution in [0.5, 0.6) is 5.75 Å². The summed E-state index contributed by atoms with van der Waals surface area (Å²) in [6.45, 7) is 19.4. The van der Waals surface area contributed by atoms with Crippen molar-refractivity contribution in [3.05, 3.63) is 58.4 Å². The summed E-state index contributed by atoms with van der Waals surface area (Å²) in [4.78, 5) is 0. The molecule has 2 atom stereocenters. The lowest BCUT2D eigenvalue weighted by Gasteiger charge is -2.38. The fraction of sp³-hybridized carbons (Fsp3) is 0.556. The second kappa shape index (κ2) is 8.99. The molecule has 0 aromatic heterocycles. The molecule has 0 aliphatic carbocycles. The van der Waals surface area contributed by atoms with Crippen molar-refractivity contribution in [1.29, 1.82) is 0 Å². The first-order chi connectivity index (χ1) is 13.8. The lowest BCUT2D eigenvalue weighted by Crippen LogP contribution is -2.27. The van der Waals surface area contributed by atoms with Crippen molar-refractivity contribution in [2.45, 2.75) is 97.6 Å². The molecule has 0 fully saturated rings. The topological polar surface area (TPSA) is 20.2 Å². The summed E-state index contributed by atoms with van der Waals surface area (Å²) < 4.78 is 14.9. The smallest absolute Gasteiger partial charge is 0.130 e. The standard InChI is InChI=1S/C27H40FOP/c1-10-15-27(11-2,30-24-18(3)13-12-14-22(24)28)21-17-19(25(4,5)6)16-20(23(21)29)26(7,8)9/h12-14,16-17,29-30H,10-11,15H2,1-9H3. The minimum Gasteiger partial charge on any atom is -0.507 e. The molecular weight excluding hydrogens is 390 g/mol. The Bertz CT molecular complexity index is 869. The Morgan fingerprint density at radius 2 is 1.53 bits per heavy atom. The highest BCUT2D eigenvalue weighted by molar-refractivity contribution is 7.48. The number of aromatic hydroxyl groups is 1. The second-order valence-corrected chi connectivity index (χ2v) is 12.4. The molecule has 0 amide bonds. The quantitative estimate of drug-likeness (QED) is 0.463. The molecule has 0 saturated carbocycles. The van der Waals surface area contributed by atoms with Crippen LogP contribution in [-0.2, 0) is 16.0 Å². The van der Waals surface area contributed by atoms with Crippen LogP contribution in [0.25, 0.3) is 0 Å². The third-order valence-corrected chi connectivity index (χ3v) is 8.40. The Hall–Kier alpha value is -1.40. The van der Waals surface area contributed by atoms with Gasteiger partial charge in [-0.15, -0.1) is 0 Å². The van der Waals surface area contributed by atoms with Gasteiger partial charge in [0, 0.05) is 16.0 Å². The third kappa shape index (κ3) is 5.08. The summed E-state index contributed by atoms with van der Waals surface area (Å²) in [5.74, 6) is 0.261. The lowest BCUT2D eigenvalue weighted by atomic mass is 9.76. The summed E-state index contributed by atoms with van der Waals surface area (Å²) in [5, 5.41) is 12.0. The van der Waals surface area contributed by atoms with Gasteiger partial charge >= 0.3 is 0 Å². The highest BCUT2D eigenvalue weighted by Crippen LogP contribution is 2.53. The number of phenols is 1. The van der Waals surface area contributed by atoms with Crippen LogP contribution in [0.3, 0.4) is 0 Å². The van der Waals surface area contributed by atoms with Crippen LogP contribution < -0.4 is 5.30 Å². The molecular formula is C27H40FOP. The highest BCUT2D eigenvalue weighted by atomic mass is 31.1. The van der Waals surface area contributed by atoms with Crippen LogP contribution in [0.2, 0.25) is 0 Å². The van der Waals surface area contributed by atoms with E-state index in [2.05, 4.69) is 67.5 Å². The van der Waals surface area contributed by atoms with Crippen molar-refractivity contribution in [2.75, 3.05) is 0 Å². The van der Waals surface area contributed by atoms with E-state index in [9.17, 15) is 9.50 Å². The van der Waals surface area contributed by atoms with Gasteiger partial charge in [-0.25, -0.2) is 4.39 Å². The molecule has 2 aromatic carbocycles. The molecule has 30 heavy (non-hydrogen) atoms. The third-order valence-electron chi connectivity index (χ3n) is 6.17. The van der Waals surface area contributed by atoms with Gasteiger partial charge in [0.15, 0.2) is 0 Å². The number of aryl methyl sites for hydroxylation is 1. The van der Waals surface area contributed by atoms with Crippen molar-refractivity contribution in [3.8, 4) is 5.75 Å². The number of halogens is 1. The molecule has 2 aromatic rings. The summed E-state index contributed by atoms with van der Waals surface area (Å²) in [6, 6.07) is 9.70. The average molecular weight is 431 g/mol. The van der Waals surface area contributed by atoms with Gasteiger partial charge in [0.25, 0.3) is 0 Å². The second-order valence-electron chi connectivity index (χ2n) is 10.7. The van der Waals surface area contributed by atoms with Gasteiger partial charge in [-0.2, -0.15) is 0 Å². The summed E-state index contributed by atoms with van der Waals surface area (Å²) in [7, 11) is 0.269. The maximum atomic E-state index is 14.9. The largest absolute Gasteiger partial charge is 0.507 e. The first-order valence-electron chi connectivity index (χ1n) is 11.2. The molecule has 0 aliphatic rings. The van der Waals surface area contributed by atoms with E-state index in [1.165, 1.54) is 5.56 Å². The summed E-state index contributed by atoms with van der Waals surface area (Å²) >= 11 is 0. The normalized spacial score (nSPS) is 15.0. The zero-order valence-electron chi connectivity index (χ0n) is 20.3. The molecule has 0 radical (unpaired) electrons. The maximum absolute atomic E-state index is 14.9. The Balaban J connectivity index is 2.84. The van der Waals surface area contributed by atoms with Gasteiger partial charge in [-0.05, 0) is 53.4 Å². The molecule has 3 heteroatoms. The number of rotatable bonds is 6. The summed E-state index contributed by atoms with van der Waals surface area (Å²) in [6.07, 6.45) is 2.76. The molecule has 1 N–H and O–H groups in total. The predicted octanol–water partition coefficient (Wildman–Crippen LogP) is 7.84. The molecule has 0 heterocycles. The zero-order chi connectivity index (χ0) is 22.9. The lowest BCUT2D eigenvalue weighted by molar-refractivity contribution is 0.418. The highest BCUT2D eigenvalue weighted by Gasteiger charge is 2.37. The molecule has 0 bridgehead atoms. The SMILES string of the molecule is CCCC(CC)(Pc1c(C)cccc1F)c1cc(C(C)(C)C)cc(C(C)(C)C)c1O. The van der Waals surface area contributed by atoms with Crippen LogP contribution in [0, 0.1) is 12.7 Å². The zero-order valence-corrected chi connectivity index (χ0v) is 21.3. The predicted molar refractivity (Wildman–Crippen MR) is 131 cm³/mol. The van der Waals surface area contributed by atoms with Crippen molar-refractivity contribution < 1.29 is 9.50 Å². The van der Waals surface area contributed by atoms with E-state index in [1.807, 2.05) is 13.0 Å². The molecule has 1 nitrogen and oxygen atoms in total. The fourth-order valence-corrected chi connectivity index (χ4v) is 6.02. The Morgan fingerprint density at radius 3 is 2.00 bits per heavy atom. The average Bonchev–Trinajstić information content (AvgIpc) is 2.62. The van der Waals surface area contributed by atoms with Gasteiger partial charge < -0.3 is 5.11 Å². The molecule has 166 valence electrons. The molecule has 0 spiro atoms. The molecule has 2 rings (SSSR count). The van der Waals surface area contributed by atoms with Crippen molar-refractivity contribution in [2.24, 2.45) is 0 Å². The van der Waals surface area contributed by atoms with Crippen LogP contribution in [0.15, 0.2) is 30.3 Å². The van der Waals surface area contributed by atoms with Crippen LogP contribution in [0.1, 0.15) is 96.9 Å². The number of hydrogen-bond acceptors (Lipinski definition) is 1. The van der Waals surface area contributed by atoms with Crippen LogP contribution in [0.4, 0.5) is 4.39 Å². The van der Waals surface area contributed by atoms with E-state index in [0.717, 1.165) is 41.3 Å². The van der Waals surface area contributed by atoms with Gasteiger partial charge in [0.05, 0.1) is 0 Å². The van der Waals surface area contributed by atoms with Crippen molar-refractivity contribution in [3.63, 3.8) is 0 Å². The van der Waals surface area contributed by atoms with Gasteiger partial charge in [0.1, 0.15) is 11.6 Å². The monoisotopic (exact) mass is 430 g/mol. The van der Waals surface area contributed by atoms with Gasteiger partial charge in [0.2, 0.25) is 0 Å².